The average Bonchev–Trinajstić information content (AvgIpc) is 3.66. The first-order chi connectivity index (χ1) is 18.5. The molecule has 0 saturated carbocycles. The number of carbonyl (C=O) groups excluding carboxylic acids is 2. The summed E-state index contributed by atoms with van der Waals surface area (Å²) < 4.78 is 0. The van der Waals surface area contributed by atoms with Crippen LogP contribution in [0.3, 0.4) is 0 Å². The minimum atomic E-state index is -1.05. The predicted molar refractivity (Wildman–Crippen MR) is 151 cm³/mol. The van der Waals surface area contributed by atoms with Crippen LogP contribution in [0.2, 0.25) is 0 Å². The number of carbonyl (C=O) groups is 3. The van der Waals surface area contributed by atoms with Gasteiger partial charge in [-0.2, -0.15) is 0 Å². The SMILES string of the molecule is O=C(NCc1cccc2ccccc12)[C@H](Cc1ccccc1)NC(=O)[C@@H]1[C@@H](C(=O)O)N1Cc1ccccc1.[Na]. The first kappa shape index (κ1) is 28.5. The molecule has 1 heterocycles. The van der Waals surface area contributed by atoms with Gasteiger partial charge in [0.15, 0.2) is 0 Å². The molecule has 4 aromatic rings. The maximum Gasteiger partial charge on any atom is 0.323 e. The molecule has 0 bridgehead atoms. The van der Waals surface area contributed by atoms with Crippen molar-refractivity contribution in [3.8, 4) is 0 Å². The van der Waals surface area contributed by atoms with Crippen LogP contribution in [0.4, 0.5) is 0 Å². The molecule has 5 rings (SSSR count). The second-order valence-electron chi connectivity index (χ2n) is 9.49. The second-order valence-corrected chi connectivity index (χ2v) is 9.49. The third-order valence-electron chi connectivity index (χ3n) is 6.90. The van der Waals surface area contributed by atoms with E-state index in [4.69, 9.17) is 0 Å². The number of benzene rings is 4. The van der Waals surface area contributed by atoms with Crippen LogP contribution in [0.5, 0.6) is 0 Å². The minimum Gasteiger partial charge on any atom is -0.480 e. The molecule has 0 spiro atoms. The molecule has 1 fully saturated rings. The summed E-state index contributed by atoms with van der Waals surface area (Å²) in [4.78, 5) is 40.1. The van der Waals surface area contributed by atoms with E-state index in [0.29, 0.717) is 13.1 Å². The van der Waals surface area contributed by atoms with Crippen molar-refractivity contribution >= 4 is 58.1 Å². The zero-order valence-electron chi connectivity index (χ0n) is 21.8. The molecule has 0 aliphatic carbocycles. The van der Waals surface area contributed by atoms with Gasteiger partial charge in [-0.15, -0.1) is 0 Å². The number of nitrogens with one attached hydrogen (secondary N) is 2. The van der Waals surface area contributed by atoms with E-state index < -0.39 is 30.0 Å². The summed E-state index contributed by atoms with van der Waals surface area (Å²) in [5, 5.41) is 17.7. The standard InChI is InChI=1S/C31H29N3O4.Na/c35-29(32-19-24-16-9-15-23-14-7-8-17-25(23)24)26(18-21-10-3-1-4-11-21)33-30(36)27-28(31(37)38)34(27)20-22-12-5-2-6-13-22;/h1-17,26-28H,18-20H2,(H,32,35)(H,33,36)(H,37,38);/t26-,27-,28-,34?;/m0./s1. The van der Waals surface area contributed by atoms with Gasteiger partial charge in [0, 0.05) is 49.1 Å². The number of aliphatic carboxylic acids is 1. The third kappa shape index (κ3) is 6.94. The van der Waals surface area contributed by atoms with Gasteiger partial charge in [-0.3, -0.25) is 19.3 Å². The third-order valence-corrected chi connectivity index (χ3v) is 6.90. The van der Waals surface area contributed by atoms with Gasteiger partial charge >= 0.3 is 5.97 Å². The van der Waals surface area contributed by atoms with E-state index in [1.807, 2.05) is 103 Å². The van der Waals surface area contributed by atoms with E-state index in [-0.39, 0.29) is 41.9 Å². The fraction of sp³-hybridized carbons (Fsp3) is 0.194. The molecule has 7 nitrogen and oxygen atoms in total. The molecule has 4 aromatic carbocycles. The summed E-state index contributed by atoms with van der Waals surface area (Å²) in [7, 11) is 0. The van der Waals surface area contributed by atoms with E-state index in [0.717, 1.165) is 27.5 Å². The van der Waals surface area contributed by atoms with Crippen molar-refractivity contribution in [1.82, 2.24) is 15.5 Å². The Hall–Kier alpha value is -3.49. The Morgan fingerprint density at radius 1 is 0.769 bits per heavy atom. The molecule has 4 atom stereocenters. The Morgan fingerprint density at radius 2 is 1.38 bits per heavy atom. The Bertz CT molecular complexity index is 1440. The van der Waals surface area contributed by atoms with Gasteiger partial charge in [0.05, 0.1) is 0 Å². The quantitative estimate of drug-likeness (QED) is 0.216. The summed E-state index contributed by atoms with van der Waals surface area (Å²) >= 11 is 0. The molecule has 1 aliphatic heterocycles. The topological polar surface area (TPSA) is 98.5 Å². The number of nitrogens with zero attached hydrogens (tertiary/aromatic N) is 1. The van der Waals surface area contributed by atoms with Crippen molar-refractivity contribution in [3.63, 3.8) is 0 Å². The van der Waals surface area contributed by atoms with E-state index in [2.05, 4.69) is 10.6 Å². The fourth-order valence-corrected chi connectivity index (χ4v) is 4.91. The summed E-state index contributed by atoms with van der Waals surface area (Å²) in [5.74, 6) is -1.84. The zero-order valence-corrected chi connectivity index (χ0v) is 23.8. The first-order valence-corrected chi connectivity index (χ1v) is 12.6. The molecule has 0 aromatic heterocycles. The molecule has 193 valence electrons. The van der Waals surface area contributed by atoms with Gasteiger partial charge in [-0.05, 0) is 27.5 Å². The normalized spacial score (nSPS) is 18.4. The van der Waals surface area contributed by atoms with Gasteiger partial charge in [0.25, 0.3) is 0 Å². The van der Waals surface area contributed by atoms with Gasteiger partial charge in [-0.25, -0.2) is 0 Å². The monoisotopic (exact) mass is 530 g/mol. The van der Waals surface area contributed by atoms with E-state index in [9.17, 15) is 19.5 Å². The van der Waals surface area contributed by atoms with Crippen molar-refractivity contribution < 1.29 is 19.5 Å². The van der Waals surface area contributed by atoms with Crippen molar-refractivity contribution in [3.05, 3.63) is 120 Å². The average molecular weight is 531 g/mol. The maximum atomic E-state index is 13.4. The first-order valence-electron chi connectivity index (χ1n) is 12.6. The number of rotatable bonds is 10. The van der Waals surface area contributed by atoms with Crippen LogP contribution in [-0.2, 0) is 33.9 Å². The largest absolute Gasteiger partial charge is 0.480 e. The molecule has 2 amide bonds. The molecule has 1 saturated heterocycles. The number of carboxylic acids is 1. The van der Waals surface area contributed by atoms with E-state index in [1.54, 1.807) is 4.90 Å². The van der Waals surface area contributed by atoms with Crippen molar-refractivity contribution in [1.29, 1.82) is 0 Å². The predicted octanol–water partition coefficient (Wildman–Crippen LogP) is 3.14. The van der Waals surface area contributed by atoms with Gasteiger partial charge in [-0.1, -0.05) is 103 Å². The Morgan fingerprint density at radius 3 is 2.08 bits per heavy atom. The Balaban J connectivity index is 0.00000353. The zero-order chi connectivity index (χ0) is 26.5. The fourth-order valence-electron chi connectivity index (χ4n) is 4.91. The van der Waals surface area contributed by atoms with Crippen LogP contribution in [0.1, 0.15) is 16.7 Å². The van der Waals surface area contributed by atoms with Crippen LogP contribution in [0, 0.1) is 0 Å². The molecule has 3 N–H and O–H groups in total. The summed E-state index contributed by atoms with van der Waals surface area (Å²) in [5.41, 5.74) is 2.79. The van der Waals surface area contributed by atoms with Crippen LogP contribution in [0.15, 0.2) is 103 Å². The maximum absolute atomic E-state index is 13.4. The van der Waals surface area contributed by atoms with Crippen LogP contribution >= 0.6 is 0 Å². The Labute approximate surface area is 249 Å². The molecule has 1 unspecified atom stereocenters. The molecular weight excluding hydrogens is 501 g/mol. The molecular formula is C31H29N3NaO4. The smallest absolute Gasteiger partial charge is 0.323 e. The van der Waals surface area contributed by atoms with Crippen LogP contribution in [0.25, 0.3) is 10.8 Å². The minimum absolute atomic E-state index is 0. The number of hydrogen-bond acceptors (Lipinski definition) is 4. The summed E-state index contributed by atoms with van der Waals surface area (Å²) in [6, 6.07) is 30.2. The Kier molecular flexibility index (Phi) is 9.54. The van der Waals surface area contributed by atoms with Crippen molar-refractivity contribution in [2.24, 2.45) is 0 Å². The van der Waals surface area contributed by atoms with Crippen LogP contribution < -0.4 is 10.6 Å². The van der Waals surface area contributed by atoms with Crippen molar-refractivity contribution in [2.75, 3.05) is 0 Å². The number of amides is 2. The van der Waals surface area contributed by atoms with Gasteiger partial charge in [0.1, 0.15) is 18.1 Å². The van der Waals surface area contributed by atoms with Gasteiger partial charge in [0.2, 0.25) is 11.8 Å². The van der Waals surface area contributed by atoms with Crippen molar-refractivity contribution in [2.45, 2.75) is 37.6 Å². The number of hydrogen-bond donors (Lipinski definition) is 3. The van der Waals surface area contributed by atoms with Crippen LogP contribution in [-0.4, -0.2) is 75.5 Å². The number of fused-ring (bicyclic) bond motifs is 1. The van der Waals surface area contributed by atoms with E-state index >= 15 is 0 Å². The van der Waals surface area contributed by atoms with Gasteiger partial charge < -0.3 is 15.7 Å². The summed E-state index contributed by atoms with van der Waals surface area (Å²) in [6.45, 7) is 0.648. The molecule has 39 heavy (non-hydrogen) atoms. The molecule has 8 heteroatoms. The number of carboxylic acid groups (broad SMARTS) is 1. The van der Waals surface area contributed by atoms with E-state index in [1.165, 1.54) is 0 Å². The molecule has 1 aliphatic rings. The molecule has 1 radical (unpaired) electrons. The summed E-state index contributed by atoms with van der Waals surface area (Å²) in [6.07, 6.45) is 0.289. The second kappa shape index (κ2) is 13.0.